The Kier molecular flexibility index (Phi) is 5.11. The van der Waals surface area contributed by atoms with Gasteiger partial charge in [-0.2, -0.15) is 13.2 Å². The van der Waals surface area contributed by atoms with Gasteiger partial charge in [0.1, 0.15) is 6.54 Å². The fourth-order valence-electron chi connectivity index (χ4n) is 3.02. The Balaban J connectivity index is 1.61. The third-order valence-electron chi connectivity index (χ3n) is 4.75. The van der Waals surface area contributed by atoms with Crippen LogP contribution in [0.1, 0.15) is 41.6 Å². The number of amides is 3. The smallest absolute Gasteiger partial charge is 0.343 e. The molecule has 5 nitrogen and oxygen atoms in total. The van der Waals surface area contributed by atoms with E-state index in [2.05, 4.69) is 10.6 Å². The molecule has 0 saturated heterocycles. The van der Waals surface area contributed by atoms with Gasteiger partial charge in [0.2, 0.25) is 0 Å². The molecule has 0 spiro atoms. The molecule has 8 heteroatoms. The molecule has 142 valence electrons. The van der Waals surface area contributed by atoms with E-state index < -0.39 is 18.6 Å². The van der Waals surface area contributed by atoms with Gasteiger partial charge >= 0.3 is 12.2 Å². The first kappa shape index (κ1) is 18.5. The van der Waals surface area contributed by atoms with E-state index in [9.17, 15) is 22.8 Å². The second-order valence-electron chi connectivity index (χ2n) is 7.13. The maximum Gasteiger partial charge on any atom is 0.405 e. The van der Waals surface area contributed by atoms with E-state index in [1.165, 1.54) is 12.1 Å². The van der Waals surface area contributed by atoms with E-state index in [4.69, 9.17) is 0 Å². The van der Waals surface area contributed by atoms with Crippen LogP contribution in [0.4, 0.5) is 23.7 Å². The molecule has 2 saturated carbocycles. The molecule has 26 heavy (non-hydrogen) atoms. The summed E-state index contributed by atoms with van der Waals surface area (Å²) in [5.41, 5.74) is 1.20. The number of alkyl halides is 3. The Morgan fingerprint density at radius 3 is 2.31 bits per heavy atom. The molecule has 0 heterocycles. The van der Waals surface area contributed by atoms with Crippen molar-refractivity contribution in [3.05, 3.63) is 29.3 Å². The maximum absolute atomic E-state index is 12.3. The predicted octanol–water partition coefficient (Wildman–Crippen LogP) is 3.60. The number of nitrogens with one attached hydrogen (secondary N) is 3. The van der Waals surface area contributed by atoms with Crippen molar-refractivity contribution >= 4 is 17.6 Å². The number of carbonyl (C=O) groups excluding carboxylic acids is 2. The van der Waals surface area contributed by atoms with Gasteiger partial charge in [-0.05, 0) is 62.1 Å². The van der Waals surface area contributed by atoms with Crippen molar-refractivity contribution in [2.45, 2.75) is 44.8 Å². The van der Waals surface area contributed by atoms with Gasteiger partial charge in [0.25, 0.3) is 5.91 Å². The van der Waals surface area contributed by atoms with Crippen LogP contribution in [0.25, 0.3) is 0 Å². The second-order valence-corrected chi connectivity index (χ2v) is 7.13. The molecule has 3 amide bonds. The topological polar surface area (TPSA) is 70.2 Å². The molecular formula is C18H22F3N3O2. The highest BCUT2D eigenvalue weighted by Crippen LogP contribution is 2.44. The van der Waals surface area contributed by atoms with Crippen molar-refractivity contribution in [2.75, 3.05) is 11.9 Å². The van der Waals surface area contributed by atoms with E-state index in [0.717, 1.165) is 31.2 Å². The van der Waals surface area contributed by atoms with E-state index in [1.54, 1.807) is 13.0 Å². The SMILES string of the molecule is Cc1ccc(C(=O)NCC(F)(F)F)cc1NC(=O)NC(C1CC1)C1CC1. The molecule has 3 N–H and O–H groups in total. The summed E-state index contributed by atoms with van der Waals surface area (Å²) in [6.45, 7) is 0.361. The number of rotatable bonds is 6. The average molecular weight is 369 g/mol. The zero-order valence-corrected chi connectivity index (χ0v) is 14.5. The summed E-state index contributed by atoms with van der Waals surface area (Å²) in [5.74, 6) is 0.266. The third-order valence-corrected chi connectivity index (χ3v) is 4.75. The van der Waals surface area contributed by atoms with Gasteiger partial charge in [-0.25, -0.2) is 4.79 Å². The summed E-state index contributed by atoms with van der Waals surface area (Å²) in [7, 11) is 0. The van der Waals surface area contributed by atoms with Crippen LogP contribution in [0.2, 0.25) is 0 Å². The lowest BCUT2D eigenvalue weighted by Gasteiger charge is -2.19. The molecule has 3 rings (SSSR count). The molecule has 0 unspecified atom stereocenters. The normalized spacial score (nSPS) is 17.1. The van der Waals surface area contributed by atoms with Gasteiger partial charge in [-0.15, -0.1) is 0 Å². The number of urea groups is 1. The minimum absolute atomic E-state index is 0.0658. The van der Waals surface area contributed by atoms with Crippen molar-refractivity contribution < 1.29 is 22.8 Å². The molecule has 2 aliphatic carbocycles. The van der Waals surface area contributed by atoms with E-state index in [-0.39, 0.29) is 17.6 Å². The molecule has 0 radical (unpaired) electrons. The number of hydrogen-bond donors (Lipinski definition) is 3. The number of benzene rings is 1. The molecule has 0 aliphatic heterocycles. The van der Waals surface area contributed by atoms with Crippen LogP contribution >= 0.6 is 0 Å². The number of aryl methyl sites for hydroxylation is 1. The van der Waals surface area contributed by atoms with Gasteiger partial charge < -0.3 is 16.0 Å². The van der Waals surface area contributed by atoms with Crippen LogP contribution in [0.15, 0.2) is 18.2 Å². The van der Waals surface area contributed by atoms with Crippen LogP contribution in [-0.2, 0) is 0 Å². The quantitative estimate of drug-likeness (QED) is 0.717. The first-order valence-corrected chi connectivity index (χ1v) is 8.76. The van der Waals surface area contributed by atoms with Gasteiger partial charge in [0, 0.05) is 17.3 Å². The Labute approximate surface area is 149 Å². The summed E-state index contributed by atoms with van der Waals surface area (Å²) in [4.78, 5) is 24.2. The van der Waals surface area contributed by atoms with Crippen LogP contribution < -0.4 is 16.0 Å². The minimum atomic E-state index is -4.47. The van der Waals surface area contributed by atoms with Crippen LogP contribution in [-0.4, -0.2) is 30.7 Å². The average Bonchev–Trinajstić information content (AvgIpc) is 3.45. The molecule has 0 bridgehead atoms. The molecule has 2 aliphatic rings. The number of halogens is 3. The number of carbonyl (C=O) groups is 2. The van der Waals surface area contributed by atoms with Gasteiger partial charge in [0.15, 0.2) is 0 Å². The zero-order chi connectivity index (χ0) is 18.9. The number of anilines is 1. The zero-order valence-electron chi connectivity index (χ0n) is 14.5. The third kappa shape index (κ3) is 5.12. The van der Waals surface area contributed by atoms with Crippen LogP contribution in [0.5, 0.6) is 0 Å². The van der Waals surface area contributed by atoms with Crippen molar-refractivity contribution in [1.82, 2.24) is 10.6 Å². The lowest BCUT2D eigenvalue weighted by molar-refractivity contribution is -0.123. The predicted molar refractivity (Wildman–Crippen MR) is 91.0 cm³/mol. The van der Waals surface area contributed by atoms with Crippen molar-refractivity contribution in [1.29, 1.82) is 0 Å². The summed E-state index contributed by atoms with van der Waals surface area (Å²) >= 11 is 0. The van der Waals surface area contributed by atoms with Gasteiger partial charge in [0.05, 0.1) is 0 Å². The van der Waals surface area contributed by atoms with Crippen molar-refractivity contribution in [3.63, 3.8) is 0 Å². The molecule has 2 fully saturated rings. The summed E-state index contributed by atoms with van der Waals surface area (Å²) in [5, 5.41) is 7.56. The summed E-state index contributed by atoms with van der Waals surface area (Å²) < 4.78 is 36.7. The van der Waals surface area contributed by atoms with E-state index >= 15 is 0 Å². The number of hydrogen-bond acceptors (Lipinski definition) is 2. The fraction of sp³-hybridized carbons (Fsp3) is 0.556. The monoisotopic (exact) mass is 369 g/mol. The molecule has 1 aromatic carbocycles. The molecular weight excluding hydrogens is 347 g/mol. The van der Waals surface area contributed by atoms with Crippen molar-refractivity contribution in [2.24, 2.45) is 11.8 Å². The minimum Gasteiger partial charge on any atom is -0.343 e. The second kappa shape index (κ2) is 7.17. The van der Waals surface area contributed by atoms with Gasteiger partial charge in [-0.3, -0.25) is 4.79 Å². The Morgan fingerprint density at radius 2 is 1.77 bits per heavy atom. The highest BCUT2D eigenvalue weighted by molar-refractivity contribution is 5.97. The van der Waals surface area contributed by atoms with Gasteiger partial charge in [-0.1, -0.05) is 6.07 Å². The highest BCUT2D eigenvalue weighted by Gasteiger charge is 2.42. The first-order chi connectivity index (χ1) is 12.2. The maximum atomic E-state index is 12.3. The fourth-order valence-corrected chi connectivity index (χ4v) is 3.02. The van der Waals surface area contributed by atoms with E-state index in [0.29, 0.717) is 17.5 Å². The van der Waals surface area contributed by atoms with Crippen LogP contribution in [0.3, 0.4) is 0 Å². The molecule has 1 aromatic rings. The Hall–Kier alpha value is -2.25. The van der Waals surface area contributed by atoms with Crippen molar-refractivity contribution in [3.8, 4) is 0 Å². The lowest BCUT2D eigenvalue weighted by Crippen LogP contribution is -2.40. The molecule has 0 atom stereocenters. The Morgan fingerprint density at radius 1 is 1.15 bits per heavy atom. The first-order valence-electron chi connectivity index (χ1n) is 8.76. The highest BCUT2D eigenvalue weighted by atomic mass is 19.4. The van der Waals surface area contributed by atoms with E-state index in [1.807, 2.05) is 5.32 Å². The molecule has 0 aromatic heterocycles. The summed E-state index contributed by atoms with van der Waals surface area (Å²) in [6.07, 6.45) is 0.0668. The lowest BCUT2D eigenvalue weighted by atomic mass is 10.1. The largest absolute Gasteiger partial charge is 0.405 e. The Bertz CT molecular complexity index is 685. The standard InChI is InChI=1S/C18H22F3N3O2/c1-10-2-3-13(16(25)22-9-18(19,20)21)8-14(10)23-17(26)24-15(11-4-5-11)12-6-7-12/h2-3,8,11-12,15H,4-7,9H2,1H3,(H,22,25)(H2,23,24,26). The summed E-state index contributed by atoms with van der Waals surface area (Å²) in [6, 6.07) is 4.26. The van der Waals surface area contributed by atoms with Crippen LogP contribution in [0, 0.1) is 18.8 Å².